The van der Waals surface area contributed by atoms with Crippen LogP contribution in [0.15, 0.2) is 0 Å². The normalized spacial score (nSPS) is 10.7. The molecule has 9 heavy (non-hydrogen) atoms. The Balaban J connectivity index is 3.09. The quantitative estimate of drug-likeness (QED) is 0.564. The Kier molecular flexibility index (Phi) is 5.99. The Morgan fingerprint density at radius 3 is 2.44 bits per heavy atom. The maximum atomic E-state index is 3.59. The molecule has 0 aromatic rings. The minimum atomic E-state index is 1.03. The first kappa shape index (κ1) is 8.92. The molecule has 55 valence electrons. The van der Waals surface area contributed by atoms with Gasteiger partial charge in [0.15, 0.2) is 0 Å². The van der Waals surface area contributed by atoms with Crippen molar-refractivity contribution in [2.45, 2.75) is 26.7 Å². The smallest absolute Gasteiger partial charge is 0.0242 e. The number of hydrazine groups is 1. The van der Waals surface area contributed by atoms with Crippen LogP contribution in [0, 0.1) is 7.05 Å². The monoisotopic (exact) mass is 129 g/mol. The van der Waals surface area contributed by atoms with E-state index in [-0.39, 0.29) is 0 Å². The van der Waals surface area contributed by atoms with Crippen molar-refractivity contribution in [3.8, 4) is 0 Å². The van der Waals surface area contributed by atoms with Crippen molar-refractivity contribution in [2.75, 3.05) is 13.1 Å². The molecule has 2 nitrogen and oxygen atoms in total. The summed E-state index contributed by atoms with van der Waals surface area (Å²) in [6.07, 6.45) is 2.49. The van der Waals surface area contributed by atoms with Crippen molar-refractivity contribution < 1.29 is 0 Å². The summed E-state index contributed by atoms with van der Waals surface area (Å²) >= 11 is 0. The summed E-state index contributed by atoms with van der Waals surface area (Å²) < 4.78 is 0. The lowest BCUT2D eigenvalue weighted by atomic mass is 10.3. The van der Waals surface area contributed by atoms with E-state index in [2.05, 4.69) is 31.3 Å². The zero-order chi connectivity index (χ0) is 7.11. The molecule has 0 aromatic carbocycles. The van der Waals surface area contributed by atoms with Crippen LogP contribution < -0.4 is 5.43 Å². The molecule has 0 spiro atoms. The van der Waals surface area contributed by atoms with Crippen LogP contribution >= 0.6 is 0 Å². The molecule has 0 aliphatic heterocycles. The summed E-state index contributed by atoms with van der Waals surface area (Å²) in [5.74, 6) is 0. The fraction of sp³-hybridized carbons (Fsp3) is 0.857. The molecule has 0 heterocycles. The minimum absolute atomic E-state index is 1.03. The molecule has 0 aliphatic carbocycles. The molecule has 0 aliphatic rings. The van der Waals surface area contributed by atoms with Crippen LogP contribution in [-0.2, 0) is 0 Å². The van der Waals surface area contributed by atoms with Crippen molar-refractivity contribution in [1.82, 2.24) is 10.4 Å². The van der Waals surface area contributed by atoms with Gasteiger partial charge in [-0.25, -0.2) is 5.01 Å². The first-order chi connectivity index (χ1) is 4.35. The van der Waals surface area contributed by atoms with Crippen LogP contribution in [0.25, 0.3) is 0 Å². The van der Waals surface area contributed by atoms with Gasteiger partial charge in [0.25, 0.3) is 0 Å². The van der Waals surface area contributed by atoms with Crippen molar-refractivity contribution in [3.05, 3.63) is 7.05 Å². The van der Waals surface area contributed by atoms with Gasteiger partial charge in [0, 0.05) is 20.1 Å². The van der Waals surface area contributed by atoms with Crippen molar-refractivity contribution in [3.63, 3.8) is 0 Å². The molecule has 0 aromatic heterocycles. The van der Waals surface area contributed by atoms with E-state index in [4.69, 9.17) is 0 Å². The molecule has 1 radical (unpaired) electrons. The zero-order valence-corrected chi connectivity index (χ0v) is 6.48. The third kappa shape index (κ3) is 4.43. The van der Waals surface area contributed by atoms with Crippen LogP contribution in [0.3, 0.4) is 0 Å². The summed E-state index contributed by atoms with van der Waals surface area (Å²) in [6, 6.07) is 0. The molecule has 2 heteroatoms. The van der Waals surface area contributed by atoms with Crippen LogP contribution in [0.2, 0.25) is 0 Å². The molecule has 0 rings (SSSR count). The molecule has 0 atom stereocenters. The van der Waals surface area contributed by atoms with E-state index < -0.39 is 0 Å². The lowest BCUT2D eigenvalue weighted by Crippen LogP contribution is -2.33. The lowest BCUT2D eigenvalue weighted by Gasteiger charge is -2.17. The van der Waals surface area contributed by atoms with E-state index in [0.29, 0.717) is 0 Å². The Morgan fingerprint density at radius 2 is 2.11 bits per heavy atom. The van der Waals surface area contributed by atoms with Crippen molar-refractivity contribution >= 4 is 0 Å². The first-order valence-corrected chi connectivity index (χ1v) is 3.62. The second-order valence-corrected chi connectivity index (χ2v) is 2.09. The highest BCUT2D eigenvalue weighted by molar-refractivity contribution is 4.46. The zero-order valence-electron chi connectivity index (χ0n) is 6.48. The standard InChI is InChI=1S/C7H17N2/c1-4-6-7-9(5-2)8-3/h8H,3-7H2,1-2H3. The van der Waals surface area contributed by atoms with E-state index in [1.807, 2.05) is 0 Å². The Morgan fingerprint density at radius 1 is 1.44 bits per heavy atom. The van der Waals surface area contributed by atoms with E-state index in [1.54, 1.807) is 0 Å². The topological polar surface area (TPSA) is 15.3 Å². The maximum absolute atomic E-state index is 3.59. The largest absolute Gasteiger partial charge is 0.254 e. The fourth-order valence-electron chi connectivity index (χ4n) is 0.698. The van der Waals surface area contributed by atoms with E-state index in [0.717, 1.165) is 13.1 Å². The van der Waals surface area contributed by atoms with Crippen LogP contribution in [0.5, 0.6) is 0 Å². The highest BCUT2D eigenvalue weighted by Gasteiger charge is 1.94. The Bertz CT molecular complexity index is 50.9. The van der Waals surface area contributed by atoms with Crippen LogP contribution in [0.4, 0.5) is 0 Å². The van der Waals surface area contributed by atoms with Gasteiger partial charge >= 0.3 is 0 Å². The Hall–Kier alpha value is -0.0800. The summed E-state index contributed by atoms with van der Waals surface area (Å²) in [5.41, 5.74) is 2.87. The molecule has 0 saturated heterocycles. The van der Waals surface area contributed by atoms with Crippen molar-refractivity contribution in [2.24, 2.45) is 0 Å². The van der Waals surface area contributed by atoms with Crippen LogP contribution in [0.1, 0.15) is 26.7 Å². The summed E-state index contributed by atoms with van der Waals surface area (Å²) in [7, 11) is 3.59. The van der Waals surface area contributed by atoms with Gasteiger partial charge in [0.1, 0.15) is 0 Å². The SMILES string of the molecule is [CH2]NN(CC)CCCC. The van der Waals surface area contributed by atoms with Gasteiger partial charge in [0.05, 0.1) is 0 Å². The molecule has 0 fully saturated rings. The third-order valence-corrected chi connectivity index (χ3v) is 1.39. The van der Waals surface area contributed by atoms with E-state index in [1.165, 1.54) is 12.8 Å². The summed E-state index contributed by atoms with van der Waals surface area (Å²) in [4.78, 5) is 0. The number of hydrogen-bond donors (Lipinski definition) is 1. The number of unbranched alkanes of at least 4 members (excludes halogenated alkanes) is 1. The van der Waals surface area contributed by atoms with Gasteiger partial charge in [0.2, 0.25) is 0 Å². The molecular weight excluding hydrogens is 112 g/mol. The number of nitrogens with zero attached hydrogens (tertiary/aromatic N) is 1. The molecule has 1 N–H and O–H groups in total. The average molecular weight is 129 g/mol. The minimum Gasteiger partial charge on any atom is -0.254 e. The predicted molar refractivity (Wildman–Crippen MR) is 40.6 cm³/mol. The highest BCUT2D eigenvalue weighted by Crippen LogP contribution is 1.89. The highest BCUT2D eigenvalue weighted by atomic mass is 15.5. The average Bonchev–Trinajstić information content (AvgIpc) is 1.91. The van der Waals surface area contributed by atoms with Gasteiger partial charge in [-0.2, -0.15) is 0 Å². The number of hydrogen-bond acceptors (Lipinski definition) is 2. The molecular formula is C7H17N2. The number of rotatable bonds is 5. The van der Waals surface area contributed by atoms with Crippen molar-refractivity contribution in [1.29, 1.82) is 0 Å². The van der Waals surface area contributed by atoms with Gasteiger partial charge < -0.3 is 0 Å². The fourth-order valence-corrected chi connectivity index (χ4v) is 0.698. The van der Waals surface area contributed by atoms with Gasteiger partial charge in [-0.3, -0.25) is 5.43 Å². The van der Waals surface area contributed by atoms with Gasteiger partial charge in [-0.05, 0) is 6.42 Å². The second-order valence-electron chi connectivity index (χ2n) is 2.09. The number of nitrogens with one attached hydrogen (secondary N) is 1. The first-order valence-electron chi connectivity index (χ1n) is 3.62. The van der Waals surface area contributed by atoms with E-state index in [9.17, 15) is 0 Å². The third-order valence-electron chi connectivity index (χ3n) is 1.39. The summed E-state index contributed by atoms with van der Waals surface area (Å²) in [5, 5.41) is 2.10. The van der Waals surface area contributed by atoms with Gasteiger partial charge in [-0.1, -0.05) is 20.3 Å². The molecule has 0 amide bonds. The lowest BCUT2D eigenvalue weighted by molar-refractivity contribution is 0.228. The molecule has 0 saturated carbocycles. The van der Waals surface area contributed by atoms with Crippen LogP contribution in [-0.4, -0.2) is 18.1 Å². The summed E-state index contributed by atoms with van der Waals surface area (Å²) in [6.45, 7) is 6.45. The predicted octanol–water partition coefficient (Wildman–Crippen LogP) is 1.40. The van der Waals surface area contributed by atoms with Gasteiger partial charge in [-0.15, -0.1) is 0 Å². The Labute approximate surface area is 58.2 Å². The van der Waals surface area contributed by atoms with E-state index >= 15 is 0 Å². The molecule has 0 unspecified atom stereocenters. The molecule has 0 bridgehead atoms. The second kappa shape index (κ2) is 6.05. The maximum Gasteiger partial charge on any atom is 0.0242 e.